The Morgan fingerprint density at radius 3 is 1.73 bits per heavy atom. The topological polar surface area (TPSA) is 0 Å². The van der Waals surface area contributed by atoms with E-state index in [1.165, 1.54) is 35.1 Å². The summed E-state index contributed by atoms with van der Waals surface area (Å²) in [6, 6.07) is 4.60. The van der Waals surface area contributed by atoms with Crippen LogP contribution < -0.4 is 0 Å². The van der Waals surface area contributed by atoms with Crippen LogP contribution in [0.25, 0.3) is 0 Å². The molecule has 1 rings (SSSR count). The molecule has 1 unspecified atom stereocenters. The molecule has 0 aromatic heterocycles. The van der Waals surface area contributed by atoms with Crippen molar-refractivity contribution in [3.8, 4) is 0 Å². The summed E-state index contributed by atoms with van der Waals surface area (Å²) < 4.78 is 0. The lowest BCUT2D eigenvalue weighted by Crippen LogP contribution is -2.18. The van der Waals surface area contributed by atoms with E-state index in [9.17, 15) is 0 Å². The standard InChI is InChI=1S/C14H23P/c1-6-14(15,7-2)13-11(4)8-10(3)9-12(13)5/h8-9H,6-7,15H2,1-5H3. The van der Waals surface area contributed by atoms with Crippen LogP contribution in [0.2, 0.25) is 0 Å². The largest absolute Gasteiger partial charge is 0.126 e. The number of hydrogen-bond donors (Lipinski definition) is 0. The van der Waals surface area contributed by atoms with Crippen molar-refractivity contribution in [3.05, 3.63) is 34.4 Å². The van der Waals surface area contributed by atoms with Crippen molar-refractivity contribution < 1.29 is 0 Å². The van der Waals surface area contributed by atoms with Crippen molar-refractivity contribution in [2.24, 2.45) is 0 Å². The SMILES string of the molecule is CCC(P)(CC)c1c(C)cc(C)cc1C. The third kappa shape index (κ3) is 2.42. The minimum absolute atomic E-state index is 0.266. The minimum atomic E-state index is 0.266. The van der Waals surface area contributed by atoms with Crippen molar-refractivity contribution in [2.45, 2.75) is 52.6 Å². The molecule has 0 saturated carbocycles. The van der Waals surface area contributed by atoms with Crippen LogP contribution in [0, 0.1) is 20.8 Å². The Morgan fingerprint density at radius 2 is 1.40 bits per heavy atom. The Bertz CT molecular complexity index is 325. The fourth-order valence-corrected chi connectivity index (χ4v) is 3.02. The van der Waals surface area contributed by atoms with Crippen molar-refractivity contribution in [2.75, 3.05) is 0 Å². The van der Waals surface area contributed by atoms with E-state index in [1.54, 1.807) is 0 Å². The molecule has 0 aliphatic rings. The monoisotopic (exact) mass is 222 g/mol. The maximum absolute atomic E-state index is 3.07. The van der Waals surface area contributed by atoms with Crippen molar-refractivity contribution in [1.82, 2.24) is 0 Å². The van der Waals surface area contributed by atoms with Gasteiger partial charge in [-0.1, -0.05) is 31.5 Å². The van der Waals surface area contributed by atoms with Crippen LogP contribution in [0.3, 0.4) is 0 Å². The smallest absolute Gasteiger partial charge is 0.00975 e. The molecule has 1 aromatic carbocycles. The molecule has 0 amide bonds. The van der Waals surface area contributed by atoms with Crippen molar-refractivity contribution in [1.29, 1.82) is 0 Å². The fraction of sp³-hybridized carbons (Fsp3) is 0.571. The first-order valence-corrected chi connectivity index (χ1v) is 6.39. The van der Waals surface area contributed by atoms with Gasteiger partial charge in [0, 0.05) is 5.16 Å². The van der Waals surface area contributed by atoms with Gasteiger partial charge in [-0.25, -0.2) is 0 Å². The van der Waals surface area contributed by atoms with E-state index in [2.05, 4.69) is 56.0 Å². The second kappa shape index (κ2) is 4.66. The molecule has 0 nitrogen and oxygen atoms in total. The summed E-state index contributed by atoms with van der Waals surface area (Å²) in [5.41, 5.74) is 5.77. The lowest BCUT2D eigenvalue weighted by Gasteiger charge is -2.31. The van der Waals surface area contributed by atoms with Crippen LogP contribution >= 0.6 is 9.24 Å². The molecule has 1 aromatic rings. The third-order valence-corrected chi connectivity index (χ3v) is 4.54. The normalized spacial score (nSPS) is 11.9. The van der Waals surface area contributed by atoms with Crippen LogP contribution in [0.1, 0.15) is 48.9 Å². The zero-order valence-corrected chi connectivity index (χ0v) is 11.8. The average Bonchev–Trinajstić information content (AvgIpc) is 2.15. The highest BCUT2D eigenvalue weighted by Crippen LogP contribution is 2.41. The molecule has 0 heterocycles. The van der Waals surface area contributed by atoms with Gasteiger partial charge in [-0.2, -0.15) is 0 Å². The zero-order chi connectivity index (χ0) is 11.6. The highest BCUT2D eigenvalue weighted by Gasteiger charge is 2.25. The fourth-order valence-electron chi connectivity index (χ4n) is 2.57. The number of hydrogen-bond acceptors (Lipinski definition) is 0. The average molecular weight is 222 g/mol. The quantitative estimate of drug-likeness (QED) is 0.660. The number of rotatable bonds is 3. The van der Waals surface area contributed by atoms with Crippen LogP contribution in [-0.4, -0.2) is 0 Å². The third-order valence-electron chi connectivity index (χ3n) is 3.44. The Hall–Kier alpha value is -0.350. The van der Waals surface area contributed by atoms with E-state index >= 15 is 0 Å². The van der Waals surface area contributed by atoms with Crippen LogP contribution in [0.4, 0.5) is 0 Å². The molecular formula is C14H23P. The molecular weight excluding hydrogens is 199 g/mol. The van der Waals surface area contributed by atoms with E-state index in [0.29, 0.717) is 0 Å². The molecule has 0 bridgehead atoms. The Balaban J connectivity index is 3.36. The summed E-state index contributed by atoms with van der Waals surface area (Å²) in [6.45, 7) is 11.2. The first-order chi connectivity index (χ1) is 6.94. The van der Waals surface area contributed by atoms with Gasteiger partial charge in [0.1, 0.15) is 0 Å². The van der Waals surface area contributed by atoms with E-state index in [-0.39, 0.29) is 5.16 Å². The summed E-state index contributed by atoms with van der Waals surface area (Å²) in [7, 11) is 3.07. The summed E-state index contributed by atoms with van der Waals surface area (Å²) in [4.78, 5) is 0. The molecule has 0 radical (unpaired) electrons. The molecule has 0 N–H and O–H groups in total. The van der Waals surface area contributed by atoms with Crippen LogP contribution in [-0.2, 0) is 5.16 Å². The number of benzene rings is 1. The zero-order valence-electron chi connectivity index (χ0n) is 10.6. The predicted octanol–water partition coefficient (Wildman–Crippen LogP) is 4.50. The molecule has 0 aliphatic carbocycles. The first-order valence-electron chi connectivity index (χ1n) is 5.81. The summed E-state index contributed by atoms with van der Waals surface area (Å²) in [5.74, 6) is 0. The maximum atomic E-state index is 3.07. The maximum Gasteiger partial charge on any atom is 0.00975 e. The highest BCUT2D eigenvalue weighted by molar-refractivity contribution is 7.18. The minimum Gasteiger partial charge on any atom is -0.126 e. The molecule has 1 heteroatoms. The van der Waals surface area contributed by atoms with Gasteiger partial charge in [-0.05, 0) is 50.3 Å². The van der Waals surface area contributed by atoms with Gasteiger partial charge in [0.25, 0.3) is 0 Å². The van der Waals surface area contributed by atoms with E-state index in [4.69, 9.17) is 0 Å². The van der Waals surface area contributed by atoms with Gasteiger partial charge >= 0.3 is 0 Å². The van der Waals surface area contributed by atoms with E-state index in [1.807, 2.05) is 0 Å². The van der Waals surface area contributed by atoms with Crippen LogP contribution in [0.5, 0.6) is 0 Å². The van der Waals surface area contributed by atoms with Gasteiger partial charge < -0.3 is 0 Å². The Kier molecular flexibility index (Phi) is 3.95. The summed E-state index contributed by atoms with van der Waals surface area (Å²) in [6.07, 6.45) is 2.36. The second-order valence-electron chi connectivity index (χ2n) is 4.64. The molecule has 0 aliphatic heterocycles. The van der Waals surface area contributed by atoms with Gasteiger partial charge in [-0.3, -0.25) is 0 Å². The summed E-state index contributed by atoms with van der Waals surface area (Å²) >= 11 is 0. The van der Waals surface area contributed by atoms with Gasteiger partial charge in [-0.15, -0.1) is 9.24 Å². The summed E-state index contributed by atoms with van der Waals surface area (Å²) in [5, 5.41) is 0.266. The van der Waals surface area contributed by atoms with Crippen molar-refractivity contribution >= 4 is 9.24 Å². The Morgan fingerprint density at radius 1 is 1.00 bits per heavy atom. The molecule has 0 fully saturated rings. The van der Waals surface area contributed by atoms with Crippen molar-refractivity contribution in [3.63, 3.8) is 0 Å². The number of aryl methyl sites for hydroxylation is 3. The molecule has 0 spiro atoms. The molecule has 15 heavy (non-hydrogen) atoms. The Labute approximate surface area is 96.7 Å². The lowest BCUT2D eigenvalue weighted by atomic mass is 9.85. The van der Waals surface area contributed by atoms with Gasteiger partial charge in [0.05, 0.1) is 0 Å². The highest BCUT2D eigenvalue weighted by atomic mass is 31.0. The first kappa shape index (κ1) is 12.7. The molecule has 84 valence electrons. The van der Waals surface area contributed by atoms with Gasteiger partial charge in [0.15, 0.2) is 0 Å². The lowest BCUT2D eigenvalue weighted by molar-refractivity contribution is 0.572. The second-order valence-corrected chi connectivity index (χ2v) is 5.74. The van der Waals surface area contributed by atoms with Gasteiger partial charge in [0.2, 0.25) is 0 Å². The molecule has 0 saturated heterocycles. The van der Waals surface area contributed by atoms with E-state index in [0.717, 1.165) is 0 Å². The van der Waals surface area contributed by atoms with Crippen LogP contribution in [0.15, 0.2) is 12.1 Å². The predicted molar refractivity (Wildman–Crippen MR) is 72.6 cm³/mol. The van der Waals surface area contributed by atoms with E-state index < -0.39 is 0 Å². The molecule has 1 atom stereocenters.